The van der Waals surface area contributed by atoms with Crippen LogP contribution in [0.15, 0.2) is 368 Å². The molecule has 1 heteroatoms. The van der Waals surface area contributed by atoms with Crippen molar-refractivity contribution < 1.29 is 4.42 Å². The zero-order chi connectivity index (χ0) is 71.2. The van der Waals surface area contributed by atoms with Crippen molar-refractivity contribution in [2.75, 3.05) is 0 Å². The molecule has 0 fully saturated rings. The van der Waals surface area contributed by atoms with Crippen LogP contribution in [0.5, 0.6) is 0 Å². The Hall–Kier alpha value is -13.2. The zero-order valence-electron chi connectivity index (χ0n) is 60.0. The molecule has 0 bridgehead atoms. The average molecular weight is 1360 g/mol. The highest BCUT2D eigenvalue weighted by molar-refractivity contribution is 6.25. The van der Waals surface area contributed by atoms with Crippen molar-refractivity contribution in [1.82, 2.24) is 0 Å². The first-order valence-electron chi connectivity index (χ1n) is 37.5. The van der Waals surface area contributed by atoms with Gasteiger partial charge in [0, 0.05) is 21.6 Å². The minimum Gasteiger partial charge on any atom is -0.456 e. The summed E-state index contributed by atoms with van der Waals surface area (Å²) in [6.07, 6.45) is 0. The lowest BCUT2D eigenvalue weighted by Gasteiger charge is -2.21. The lowest BCUT2D eigenvalue weighted by Crippen LogP contribution is -2.14. The summed E-state index contributed by atoms with van der Waals surface area (Å²) in [6, 6.07) is 134. The Balaban J connectivity index is 0.000000138. The molecule has 2 aliphatic carbocycles. The maximum absolute atomic E-state index is 6.41. The molecular weight excluding hydrogens is 1290 g/mol. The molecule has 22 rings (SSSR count). The predicted molar refractivity (Wildman–Crippen MR) is 456 cm³/mol. The largest absolute Gasteiger partial charge is 0.456 e. The molecule has 2 aliphatic rings. The summed E-state index contributed by atoms with van der Waals surface area (Å²) in [5, 5.41) is 20.1. The van der Waals surface area contributed by atoms with Crippen molar-refractivity contribution in [3.63, 3.8) is 0 Å². The minimum atomic E-state index is -0.0438. The summed E-state index contributed by atoms with van der Waals surface area (Å²) in [5.74, 6) is 0. The highest BCUT2D eigenvalue weighted by atomic mass is 16.3. The second-order valence-corrected chi connectivity index (χ2v) is 30.4. The number of hydrogen-bond acceptors (Lipinski definition) is 1. The van der Waals surface area contributed by atoms with E-state index < -0.39 is 0 Å². The fourth-order valence-electron chi connectivity index (χ4n) is 18.8. The topological polar surface area (TPSA) is 13.1 Å². The van der Waals surface area contributed by atoms with Crippen molar-refractivity contribution in [1.29, 1.82) is 0 Å². The van der Waals surface area contributed by atoms with Crippen molar-refractivity contribution in [2.45, 2.75) is 38.5 Å². The highest BCUT2D eigenvalue weighted by Crippen LogP contribution is 2.56. The van der Waals surface area contributed by atoms with E-state index in [4.69, 9.17) is 4.42 Å². The van der Waals surface area contributed by atoms with Crippen molar-refractivity contribution in [2.24, 2.45) is 0 Å². The van der Waals surface area contributed by atoms with Crippen LogP contribution in [0.1, 0.15) is 49.9 Å². The van der Waals surface area contributed by atoms with Gasteiger partial charge in [-0.1, -0.05) is 361 Å². The van der Waals surface area contributed by atoms with Gasteiger partial charge in [0.25, 0.3) is 0 Å². The van der Waals surface area contributed by atoms with Crippen LogP contribution in [0, 0.1) is 0 Å². The second kappa shape index (κ2) is 24.2. The first-order chi connectivity index (χ1) is 52.6. The maximum atomic E-state index is 6.41. The molecular formula is C106H72O. The van der Waals surface area contributed by atoms with E-state index in [2.05, 4.69) is 392 Å². The second-order valence-electron chi connectivity index (χ2n) is 30.4. The van der Waals surface area contributed by atoms with E-state index in [1.54, 1.807) is 0 Å². The molecule has 0 N–H and O–H groups in total. The van der Waals surface area contributed by atoms with Crippen LogP contribution in [-0.4, -0.2) is 0 Å². The van der Waals surface area contributed by atoms with E-state index in [0.29, 0.717) is 0 Å². The van der Waals surface area contributed by atoms with Crippen LogP contribution in [0.25, 0.3) is 197 Å². The Bertz CT molecular complexity index is 6970. The summed E-state index contributed by atoms with van der Waals surface area (Å²) < 4.78 is 6.41. The third-order valence-electron chi connectivity index (χ3n) is 23.9. The molecule has 107 heavy (non-hydrogen) atoms. The molecule has 0 atom stereocenters. The normalized spacial score (nSPS) is 13.2. The Morgan fingerprint density at radius 1 is 0.178 bits per heavy atom. The van der Waals surface area contributed by atoms with Crippen molar-refractivity contribution >= 4 is 97.3 Å². The first kappa shape index (κ1) is 62.4. The number of rotatable bonds is 7. The van der Waals surface area contributed by atoms with Gasteiger partial charge in [-0.05, 0) is 228 Å². The number of fused-ring (bicyclic) bond motifs is 19. The van der Waals surface area contributed by atoms with Crippen LogP contribution in [0.2, 0.25) is 0 Å². The van der Waals surface area contributed by atoms with E-state index >= 15 is 0 Å². The van der Waals surface area contributed by atoms with Gasteiger partial charge in [0.2, 0.25) is 0 Å². The molecule has 0 saturated carbocycles. The maximum Gasteiger partial charge on any atom is 0.136 e. The molecule has 0 aliphatic heterocycles. The van der Waals surface area contributed by atoms with Gasteiger partial charge in [-0.25, -0.2) is 0 Å². The van der Waals surface area contributed by atoms with Gasteiger partial charge in [0.1, 0.15) is 11.2 Å². The van der Waals surface area contributed by atoms with Crippen LogP contribution in [-0.2, 0) is 10.8 Å². The first-order valence-corrected chi connectivity index (χ1v) is 37.5. The van der Waals surface area contributed by atoms with Gasteiger partial charge in [-0.2, -0.15) is 0 Å². The Kier molecular flexibility index (Phi) is 14.1. The van der Waals surface area contributed by atoms with Gasteiger partial charge in [-0.15, -0.1) is 0 Å². The summed E-state index contributed by atoms with van der Waals surface area (Å²) in [7, 11) is 0. The molecule has 0 radical (unpaired) electrons. The van der Waals surface area contributed by atoms with Crippen LogP contribution in [0.3, 0.4) is 0 Å². The molecule has 0 unspecified atom stereocenters. The SMILES string of the molecule is CC1(C)c2ccc(-c3ccc(-c4c5ccccc5c(-c5ccc6oc7ccc8ccccc8c7c6c5)c5ccccc45)cc3)cc2-c2c1ccc1ccccc21.CC1(C)c2ccc(-c3ccc(-c4c5ccccc5c(-c5ccccc5-c5ccccc5)c5ccccc45)cc3)cc2-c2c1ccc1ccccc21. The van der Waals surface area contributed by atoms with Gasteiger partial charge >= 0.3 is 0 Å². The third kappa shape index (κ3) is 9.70. The molecule has 20 aromatic rings. The van der Waals surface area contributed by atoms with E-state index in [9.17, 15) is 0 Å². The summed E-state index contributed by atoms with van der Waals surface area (Å²) >= 11 is 0. The molecule has 1 nitrogen and oxygen atoms in total. The monoisotopic (exact) mass is 1360 g/mol. The minimum absolute atomic E-state index is 0.0348. The van der Waals surface area contributed by atoms with Gasteiger partial charge < -0.3 is 4.42 Å². The van der Waals surface area contributed by atoms with E-state index in [1.165, 1.54) is 203 Å². The quantitative estimate of drug-likeness (QED) is 0.145. The predicted octanol–water partition coefficient (Wildman–Crippen LogP) is 29.6. The number of benzene rings is 19. The standard InChI is InChI=1S/C55H36O.C51H36/c1-55(2)47-27-24-37(31-45(47)53-39-13-5-3-11-34(39)23-28-48(53)55)33-19-21-36(22-20-33)51-41-15-7-9-17-43(41)52(44-18-10-8-16-42(44)51)38-26-29-49-46(32-38)54-40-14-6-4-12-35(40)25-30-50(54)56-49;1-51(2)46-30-29-37(32-45(46)50-39-18-7-6-16-35(39)28-31-47(50)51)33-24-26-36(27-25-33)48-41-20-10-12-22-43(41)49(44-23-13-11-21-42(44)48)40-19-9-8-17-38(40)34-14-4-3-5-15-34/h3-32H,1-2H3;3-32H,1-2H3. The smallest absolute Gasteiger partial charge is 0.136 e. The molecule has 0 amide bonds. The molecule has 1 aromatic heterocycles. The van der Waals surface area contributed by atoms with Gasteiger partial charge in [-0.3, -0.25) is 0 Å². The fourth-order valence-corrected chi connectivity index (χ4v) is 18.8. The zero-order valence-corrected chi connectivity index (χ0v) is 60.0. The third-order valence-corrected chi connectivity index (χ3v) is 23.9. The highest BCUT2D eigenvalue weighted by Gasteiger charge is 2.38. The molecule has 0 spiro atoms. The fraction of sp³-hybridized carbons (Fsp3) is 0.0566. The molecule has 0 saturated heterocycles. The molecule has 1 heterocycles. The van der Waals surface area contributed by atoms with E-state index in [1.807, 2.05) is 0 Å². The average Bonchev–Trinajstić information content (AvgIpc) is 1.71. The van der Waals surface area contributed by atoms with Gasteiger partial charge in [0.05, 0.1) is 0 Å². The number of hydrogen-bond donors (Lipinski definition) is 0. The van der Waals surface area contributed by atoms with Crippen molar-refractivity contribution in [3.8, 4) is 100 Å². The summed E-state index contributed by atoms with van der Waals surface area (Å²) in [4.78, 5) is 0. The molecule has 19 aromatic carbocycles. The summed E-state index contributed by atoms with van der Waals surface area (Å²) in [5.41, 5.74) is 30.3. The lowest BCUT2D eigenvalue weighted by molar-refractivity contribution is 0.661. The summed E-state index contributed by atoms with van der Waals surface area (Å²) in [6.45, 7) is 9.45. The van der Waals surface area contributed by atoms with E-state index in [0.717, 1.165) is 16.6 Å². The lowest BCUT2D eigenvalue weighted by atomic mass is 9.82. The Morgan fingerprint density at radius 2 is 0.505 bits per heavy atom. The Labute approximate surface area is 622 Å². The Morgan fingerprint density at radius 3 is 0.972 bits per heavy atom. The molecule has 502 valence electrons. The van der Waals surface area contributed by atoms with Crippen LogP contribution < -0.4 is 0 Å². The van der Waals surface area contributed by atoms with E-state index in [-0.39, 0.29) is 10.8 Å². The number of furan rings is 1. The van der Waals surface area contributed by atoms with Crippen LogP contribution in [0.4, 0.5) is 0 Å². The van der Waals surface area contributed by atoms with Crippen LogP contribution >= 0.6 is 0 Å². The van der Waals surface area contributed by atoms with Gasteiger partial charge in [0.15, 0.2) is 0 Å². The van der Waals surface area contributed by atoms with Crippen molar-refractivity contribution in [3.05, 3.63) is 386 Å².